The molecule has 0 fully saturated rings. The van der Waals surface area contributed by atoms with Gasteiger partial charge in [0.2, 0.25) is 0 Å². The number of imide groups is 1. The molecule has 0 saturated carbocycles. The summed E-state index contributed by atoms with van der Waals surface area (Å²) >= 11 is 0. The maximum Gasteiger partial charge on any atom is 0.266 e. The first-order chi connectivity index (χ1) is 63.5. The maximum absolute atomic E-state index is 16.4. The van der Waals surface area contributed by atoms with Crippen LogP contribution in [0.1, 0.15) is 67.8 Å². The van der Waals surface area contributed by atoms with Crippen molar-refractivity contribution in [2.45, 2.75) is 25.5 Å². The van der Waals surface area contributed by atoms with Gasteiger partial charge < -0.3 is 38.2 Å². The Bertz CT molecular complexity index is 8940. The number of rotatable bonds is 11. The first-order valence-corrected chi connectivity index (χ1v) is 42.9. The molecule has 1 unspecified atom stereocenters. The Balaban J connectivity index is 0.575. The third-order valence-corrected chi connectivity index (χ3v) is 27.4. The fraction of sp³-hybridized carbons (Fsp3) is 0.0360. The number of phenolic OH excluding ortho intramolecular Hbond substituents is 2. The van der Waals surface area contributed by atoms with Gasteiger partial charge in [-0.05, 0) is 157 Å². The molecular formula is C111H67N9O10. The van der Waals surface area contributed by atoms with Crippen LogP contribution in [0.3, 0.4) is 0 Å². The summed E-state index contributed by atoms with van der Waals surface area (Å²) in [5, 5.41) is 46.5. The SMILES string of the molecule is CC(C)(c1ccc(O)c(N2C(=O)c3ccc4c5c(ccc(c35)C2O)C(=O)N(c2cc(-n3c5ccccc5c5ccccc53)cc(-n3c5ccccc5c5ccccc53)c2)C4=O)c1)c1ccc(O)c(-n2c(=O)c3cc4c(=O)n(-c5c(-n6c7ccccc7c7ccccc76)cc(-n6c7ccccc7c7ccccc76)cc5-n5c6ccccc6c6ccccc65)c(=O)c4cc3c2=O)c1. The highest BCUT2D eigenvalue weighted by Gasteiger charge is 2.43. The number of nitrogens with zero attached hydrogens (tertiary/aromatic N) is 9. The number of hydrogen-bond acceptors (Lipinski definition) is 10. The second kappa shape index (κ2) is 26.7. The number of benzene rings is 17. The highest BCUT2D eigenvalue weighted by molar-refractivity contribution is 6.38. The zero-order chi connectivity index (χ0) is 87.4. The van der Waals surface area contributed by atoms with Crippen molar-refractivity contribution < 1.29 is 29.7 Å². The Labute approximate surface area is 734 Å². The normalized spacial score (nSPS) is 13.8. The second-order valence-electron chi connectivity index (χ2n) is 34.4. The molecule has 0 bridgehead atoms. The molecule has 3 amide bonds. The molecule has 3 N–H and O–H groups in total. The molecule has 0 saturated heterocycles. The van der Waals surface area contributed by atoms with Gasteiger partial charge in [0.05, 0.1) is 122 Å². The van der Waals surface area contributed by atoms with Gasteiger partial charge in [-0.2, -0.15) is 0 Å². The number of aliphatic hydroxyl groups is 1. The summed E-state index contributed by atoms with van der Waals surface area (Å²) in [6.07, 6.45) is -1.78. The largest absolute Gasteiger partial charge is 0.506 e. The monoisotopic (exact) mass is 1690 g/mol. The molecule has 19 nitrogen and oxygen atoms in total. The molecule has 24 aromatic rings. The van der Waals surface area contributed by atoms with Gasteiger partial charge in [-0.3, -0.25) is 38.5 Å². The predicted octanol–water partition coefficient (Wildman–Crippen LogP) is 21.7. The number of aromatic nitrogens is 7. The number of para-hydroxylation sites is 10. The van der Waals surface area contributed by atoms with E-state index in [0.717, 1.165) is 124 Å². The summed E-state index contributed by atoms with van der Waals surface area (Å²) in [5.41, 5.74) is 8.99. The van der Waals surface area contributed by atoms with E-state index >= 15 is 33.6 Å². The van der Waals surface area contributed by atoms with E-state index < -0.39 is 57.4 Å². The van der Waals surface area contributed by atoms with Gasteiger partial charge in [0.25, 0.3) is 40.0 Å². The van der Waals surface area contributed by atoms with Crippen LogP contribution < -0.4 is 32.0 Å². The summed E-state index contributed by atoms with van der Waals surface area (Å²) in [6.45, 7) is 3.67. The predicted molar refractivity (Wildman–Crippen MR) is 514 cm³/mol. The molecule has 616 valence electrons. The number of phenols is 2. The van der Waals surface area contributed by atoms with Crippen molar-refractivity contribution in [1.29, 1.82) is 0 Å². The molecule has 19 heteroatoms. The minimum Gasteiger partial charge on any atom is -0.506 e. The molecule has 0 spiro atoms. The van der Waals surface area contributed by atoms with Crippen LogP contribution in [-0.4, -0.2) is 65.0 Å². The summed E-state index contributed by atoms with van der Waals surface area (Å²) in [5.74, 6) is -2.87. The number of aromatic hydroxyl groups is 2. The van der Waals surface area contributed by atoms with Gasteiger partial charge in [-0.1, -0.05) is 214 Å². The molecule has 2 aliphatic rings. The number of anilines is 2. The zero-order valence-corrected chi connectivity index (χ0v) is 69.2. The Morgan fingerprint density at radius 2 is 0.531 bits per heavy atom. The number of carbonyl (C=O) groups excluding carboxylic acids is 3. The van der Waals surface area contributed by atoms with E-state index in [4.69, 9.17) is 0 Å². The standard InChI is InChI=1S/C111H67N9O10/c1-111(2,60-43-49-98(121)94(51-60)118-105(125)78-47-45-76-100-77(46-48-79(101(78)100)106(118)126)104(124)115(103(76)123)64-54-62(112-84-33-13-3-23-66(84)67-24-4-14-34-85(67)112)53-63(55-64)113-86-35-15-5-25-68(86)69-26-6-16-36-87(69)113)61-44-50-99(122)95(52-61)119-107(127)80-58-82-83(59-81(80)108(119)128)110(130)120(109(82)129)102-96(116-90-39-19-9-29-72(90)73-30-10-20-40-91(73)116)56-65(114-88-37-17-7-27-70(88)71-28-8-18-38-89(71)114)57-97(102)117-92-41-21-11-31-74(92)75-32-12-22-42-93(75)117/h3-59,105,121-122,125H,1-2H3. The smallest absolute Gasteiger partial charge is 0.266 e. The Morgan fingerprint density at radius 3 is 0.885 bits per heavy atom. The van der Waals surface area contributed by atoms with E-state index in [9.17, 15) is 15.3 Å². The van der Waals surface area contributed by atoms with Crippen molar-refractivity contribution in [3.8, 4) is 51.3 Å². The topological polar surface area (TPSA) is 221 Å². The van der Waals surface area contributed by atoms with E-state index in [1.54, 1.807) is 30.3 Å². The lowest BCUT2D eigenvalue weighted by molar-refractivity contribution is 0.0864. The molecule has 2 aliphatic heterocycles. The van der Waals surface area contributed by atoms with Gasteiger partial charge in [-0.25, -0.2) is 14.0 Å². The van der Waals surface area contributed by atoms with Gasteiger partial charge in [0.15, 0.2) is 6.23 Å². The third kappa shape index (κ3) is 9.96. The van der Waals surface area contributed by atoms with Gasteiger partial charge >= 0.3 is 0 Å². The molecule has 1 atom stereocenters. The lowest BCUT2D eigenvalue weighted by atomic mass is 9.77. The van der Waals surface area contributed by atoms with Crippen LogP contribution in [0.5, 0.6) is 11.5 Å². The Kier molecular flexibility index (Phi) is 15.2. The quantitative estimate of drug-likeness (QED) is 0.104. The lowest BCUT2D eigenvalue weighted by Crippen LogP contribution is -2.42. The molecule has 0 aliphatic carbocycles. The summed E-state index contributed by atoms with van der Waals surface area (Å²) in [7, 11) is 0. The fourth-order valence-corrected chi connectivity index (χ4v) is 21.4. The van der Waals surface area contributed by atoms with Crippen molar-refractivity contribution in [2.24, 2.45) is 0 Å². The molecule has 7 aromatic heterocycles. The van der Waals surface area contributed by atoms with E-state index in [2.05, 4.69) is 126 Å². The van der Waals surface area contributed by atoms with Crippen LogP contribution in [0.25, 0.3) is 181 Å². The highest BCUT2D eigenvalue weighted by atomic mass is 16.3. The average molecular weight is 1690 g/mol. The van der Waals surface area contributed by atoms with Gasteiger partial charge in [-0.15, -0.1) is 0 Å². The second-order valence-corrected chi connectivity index (χ2v) is 34.4. The van der Waals surface area contributed by atoms with E-state index in [1.165, 1.54) is 51.9 Å². The van der Waals surface area contributed by atoms with Gasteiger partial charge in [0.1, 0.15) is 17.2 Å². The number of amides is 3. The fourth-order valence-electron chi connectivity index (χ4n) is 21.4. The van der Waals surface area contributed by atoms with Crippen LogP contribution in [-0.2, 0) is 5.41 Å². The van der Waals surface area contributed by atoms with E-state index in [1.807, 2.05) is 184 Å². The minimum atomic E-state index is -1.78. The van der Waals surface area contributed by atoms with E-state index in [0.29, 0.717) is 39.6 Å². The molecule has 9 heterocycles. The van der Waals surface area contributed by atoms with Crippen molar-refractivity contribution in [3.63, 3.8) is 0 Å². The molecule has 130 heavy (non-hydrogen) atoms. The molecular weight excluding hydrogens is 1620 g/mol. The Hall–Kier alpha value is -17.6. The molecule has 26 rings (SSSR count). The minimum absolute atomic E-state index is 0.0531. The first-order valence-electron chi connectivity index (χ1n) is 42.9. The average Bonchev–Trinajstić information content (AvgIpc) is 1.16. The molecule has 0 radical (unpaired) electrons. The number of fused-ring (bicyclic) bond motifs is 17. The van der Waals surface area contributed by atoms with Crippen molar-refractivity contribution in [2.75, 3.05) is 9.80 Å². The van der Waals surface area contributed by atoms with Crippen LogP contribution in [0.2, 0.25) is 0 Å². The van der Waals surface area contributed by atoms with Crippen LogP contribution in [0, 0.1) is 0 Å². The highest BCUT2D eigenvalue weighted by Crippen LogP contribution is 2.50. The zero-order valence-electron chi connectivity index (χ0n) is 69.2. The third-order valence-electron chi connectivity index (χ3n) is 27.4. The number of aliphatic hydroxyl groups excluding tert-OH is 1. The Morgan fingerprint density at radius 1 is 0.246 bits per heavy atom. The van der Waals surface area contributed by atoms with Gasteiger partial charge in [0, 0.05) is 92.3 Å². The van der Waals surface area contributed by atoms with Crippen LogP contribution in [0.15, 0.2) is 365 Å². The summed E-state index contributed by atoms with van der Waals surface area (Å²) in [6, 6.07) is 109. The van der Waals surface area contributed by atoms with Crippen molar-refractivity contribution in [1.82, 2.24) is 32.0 Å². The lowest BCUT2D eigenvalue weighted by Gasteiger charge is -2.37. The molecule has 17 aromatic carbocycles. The van der Waals surface area contributed by atoms with E-state index in [-0.39, 0.29) is 77.4 Å². The van der Waals surface area contributed by atoms with Crippen LogP contribution >= 0.6 is 0 Å². The van der Waals surface area contributed by atoms with Crippen LogP contribution in [0.4, 0.5) is 11.4 Å². The van der Waals surface area contributed by atoms with Crippen molar-refractivity contribution in [3.05, 3.63) is 421 Å². The summed E-state index contributed by atoms with van der Waals surface area (Å²) < 4.78 is 12.7. The number of carbonyl (C=O) groups is 3. The summed E-state index contributed by atoms with van der Waals surface area (Å²) in [4.78, 5) is 113. The first kappa shape index (κ1) is 73.9. The number of hydrogen-bond donors (Lipinski definition) is 3. The maximum atomic E-state index is 16.4. The van der Waals surface area contributed by atoms with Crippen molar-refractivity contribution >= 4 is 170 Å².